The van der Waals surface area contributed by atoms with E-state index in [4.69, 9.17) is 9.47 Å². The van der Waals surface area contributed by atoms with E-state index in [1.807, 2.05) is 19.1 Å². The van der Waals surface area contributed by atoms with E-state index in [0.29, 0.717) is 18.5 Å². The summed E-state index contributed by atoms with van der Waals surface area (Å²) in [6, 6.07) is 12.7. The number of aryl methyl sites for hydroxylation is 1. The Morgan fingerprint density at radius 1 is 1.26 bits per heavy atom. The third kappa shape index (κ3) is 4.27. The van der Waals surface area contributed by atoms with Gasteiger partial charge < -0.3 is 14.8 Å². The van der Waals surface area contributed by atoms with Gasteiger partial charge in [0.05, 0.1) is 6.10 Å². The molecular weight excluding hydrogens is 290 g/mol. The fourth-order valence-corrected chi connectivity index (χ4v) is 2.93. The van der Waals surface area contributed by atoms with Crippen molar-refractivity contribution >= 4 is 5.82 Å². The summed E-state index contributed by atoms with van der Waals surface area (Å²) in [6.07, 6.45) is 2.06. The molecule has 1 aliphatic heterocycles. The van der Waals surface area contributed by atoms with Crippen molar-refractivity contribution in [2.75, 3.05) is 19.0 Å². The highest BCUT2D eigenvalue weighted by Gasteiger charge is 2.24. The zero-order chi connectivity index (χ0) is 16.1. The van der Waals surface area contributed by atoms with Crippen LogP contribution in [0.2, 0.25) is 0 Å². The van der Waals surface area contributed by atoms with Crippen molar-refractivity contribution in [3.8, 4) is 0 Å². The predicted molar refractivity (Wildman–Crippen MR) is 89.3 cm³/mol. The Labute approximate surface area is 137 Å². The molecule has 5 heteroatoms. The van der Waals surface area contributed by atoms with Crippen molar-refractivity contribution < 1.29 is 9.47 Å². The second-order valence-electron chi connectivity index (χ2n) is 5.88. The van der Waals surface area contributed by atoms with Crippen LogP contribution in [0, 0.1) is 6.92 Å². The van der Waals surface area contributed by atoms with E-state index < -0.39 is 0 Å². The van der Waals surface area contributed by atoms with Gasteiger partial charge in [-0.3, -0.25) is 0 Å². The van der Waals surface area contributed by atoms with Crippen molar-refractivity contribution in [3.05, 3.63) is 53.5 Å². The summed E-state index contributed by atoms with van der Waals surface area (Å²) in [5, 5.41) is 3.53. The fourth-order valence-electron chi connectivity index (χ4n) is 2.93. The first-order chi connectivity index (χ1) is 11.2. The highest BCUT2D eigenvalue weighted by molar-refractivity contribution is 5.37. The van der Waals surface area contributed by atoms with Crippen molar-refractivity contribution in [3.63, 3.8) is 0 Å². The average Bonchev–Trinajstić information content (AvgIpc) is 2.56. The number of hydrogen-bond acceptors (Lipinski definition) is 5. The van der Waals surface area contributed by atoms with Gasteiger partial charge in [0, 0.05) is 31.5 Å². The maximum Gasteiger partial charge on any atom is 0.156 e. The largest absolute Gasteiger partial charge is 0.377 e. The van der Waals surface area contributed by atoms with E-state index in [1.54, 1.807) is 7.11 Å². The van der Waals surface area contributed by atoms with Gasteiger partial charge in [0.2, 0.25) is 0 Å². The van der Waals surface area contributed by atoms with Crippen LogP contribution in [0.1, 0.15) is 36.0 Å². The Hall–Kier alpha value is -1.98. The molecule has 0 aliphatic carbocycles. The van der Waals surface area contributed by atoms with Crippen LogP contribution in [0.4, 0.5) is 5.82 Å². The van der Waals surface area contributed by atoms with E-state index in [-0.39, 0.29) is 6.10 Å². The molecule has 3 rings (SSSR count). The molecule has 5 nitrogen and oxygen atoms in total. The number of methoxy groups -OCH3 is 1. The second-order valence-corrected chi connectivity index (χ2v) is 5.88. The molecule has 1 N–H and O–H groups in total. The third-order valence-corrected chi connectivity index (χ3v) is 3.98. The summed E-state index contributed by atoms with van der Waals surface area (Å²) in [6.45, 7) is 3.16. The van der Waals surface area contributed by atoms with Gasteiger partial charge in [-0.25, -0.2) is 9.97 Å². The summed E-state index contributed by atoms with van der Waals surface area (Å²) in [5.74, 6) is 1.57. The minimum absolute atomic E-state index is 0.142. The summed E-state index contributed by atoms with van der Waals surface area (Å²) >= 11 is 0. The summed E-state index contributed by atoms with van der Waals surface area (Å²) in [5.41, 5.74) is 2.18. The SMILES string of the molecule is COCc1nc(C)cc(NC2CCOC(c3ccccc3)C2)n1. The van der Waals surface area contributed by atoms with Crippen LogP contribution in [0.3, 0.4) is 0 Å². The average molecular weight is 313 g/mol. The fraction of sp³-hybridized carbons (Fsp3) is 0.444. The number of rotatable bonds is 5. The van der Waals surface area contributed by atoms with Gasteiger partial charge >= 0.3 is 0 Å². The van der Waals surface area contributed by atoms with Crippen LogP contribution in [-0.4, -0.2) is 29.7 Å². The third-order valence-electron chi connectivity index (χ3n) is 3.98. The smallest absolute Gasteiger partial charge is 0.156 e. The topological polar surface area (TPSA) is 56.3 Å². The molecule has 2 unspecified atom stereocenters. The molecule has 0 radical (unpaired) electrons. The van der Waals surface area contributed by atoms with Crippen LogP contribution in [0.25, 0.3) is 0 Å². The van der Waals surface area contributed by atoms with Crippen molar-refractivity contribution in [2.45, 2.75) is 38.5 Å². The number of benzene rings is 1. The van der Waals surface area contributed by atoms with Gasteiger partial charge in [0.1, 0.15) is 12.4 Å². The molecule has 23 heavy (non-hydrogen) atoms. The number of ether oxygens (including phenoxy) is 2. The molecule has 1 saturated heterocycles. The van der Waals surface area contributed by atoms with Gasteiger partial charge in [-0.1, -0.05) is 30.3 Å². The highest BCUT2D eigenvalue weighted by atomic mass is 16.5. The first-order valence-corrected chi connectivity index (χ1v) is 8.01. The van der Waals surface area contributed by atoms with E-state index >= 15 is 0 Å². The first kappa shape index (κ1) is 15.9. The number of nitrogens with one attached hydrogen (secondary N) is 1. The van der Waals surface area contributed by atoms with Gasteiger partial charge in [0.15, 0.2) is 5.82 Å². The van der Waals surface area contributed by atoms with Crippen LogP contribution >= 0.6 is 0 Å². The summed E-state index contributed by atoms with van der Waals surface area (Å²) in [7, 11) is 1.65. The minimum Gasteiger partial charge on any atom is -0.377 e. The summed E-state index contributed by atoms with van der Waals surface area (Å²) < 4.78 is 11.1. The van der Waals surface area contributed by atoms with Crippen molar-refractivity contribution in [1.82, 2.24) is 9.97 Å². The van der Waals surface area contributed by atoms with Gasteiger partial charge in [0.25, 0.3) is 0 Å². The number of aromatic nitrogens is 2. The molecule has 1 aromatic heterocycles. The molecule has 2 aromatic rings. The second kappa shape index (κ2) is 7.53. The van der Waals surface area contributed by atoms with Crippen LogP contribution in [0.15, 0.2) is 36.4 Å². The molecule has 1 aromatic carbocycles. The Morgan fingerprint density at radius 2 is 2.09 bits per heavy atom. The van der Waals surface area contributed by atoms with E-state index in [0.717, 1.165) is 31.0 Å². The quantitative estimate of drug-likeness (QED) is 0.918. The lowest BCUT2D eigenvalue weighted by Crippen LogP contribution is -2.30. The van der Waals surface area contributed by atoms with Crippen molar-refractivity contribution in [1.29, 1.82) is 0 Å². The Bertz CT molecular complexity index is 633. The normalized spacial score (nSPS) is 21.1. The highest BCUT2D eigenvalue weighted by Crippen LogP contribution is 2.29. The Morgan fingerprint density at radius 3 is 2.87 bits per heavy atom. The molecule has 0 amide bonds. The molecule has 2 heterocycles. The molecular formula is C18H23N3O2. The van der Waals surface area contributed by atoms with Gasteiger partial charge in [-0.05, 0) is 25.3 Å². The van der Waals surface area contributed by atoms with Crippen LogP contribution in [0.5, 0.6) is 0 Å². The molecule has 1 aliphatic rings. The molecule has 0 saturated carbocycles. The van der Waals surface area contributed by atoms with E-state index in [9.17, 15) is 0 Å². The maximum atomic E-state index is 5.93. The molecule has 122 valence electrons. The van der Waals surface area contributed by atoms with Gasteiger partial charge in [-0.15, -0.1) is 0 Å². The molecule has 2 atom stereocenters. The molecule has 0 bridgehead atoms. The van der Waals surface area contributed by atoms with Crippen LogP contribution < -0.4 is 5.32 Å². The zero-order valence-corrected chi connectivity index (χ0v) is 13.7. The number of anilines is 1. The standard InChI is InChI=1S/C18H23N3O2/c1-13-10-17(21-18(19-13)12-22-2)20-15-8-9-23-16(11-15)14-6-4-3-5-7-14/h3-7,10,15-16H,8-9,11-12H2,1-2H3,(H,19,20,21). The van der Waals surface area contributed by atoms with E-state index in [1.165, 1.54) is 5.56 Å². The lowest BCUT2D eigenvalue weighted by molar-refractivity contribution is 0.00974. The summed E-state index contributed by atoms with van der Waals surface area (Å²) in [4.78, 5) is 8.91. The zero-order valence-electron chi connectivity index (χ0n) is 13.7. The number of hydrogen-bond donors (Lipinski definition) is 1. The Balaban J connectivity index is 1.68. The maximum absolute atomic E-state index is 5.93. The van der Waals surface area contributed by atoms with Crippen molar-refractivity contribution in [2.24, 2.45) is 0 Å². The Kier molecular flexibility index (Phi) is 5.20. The monoisotopic (exact) mass is 313 g/mol. The van der Waals surface area contributed by atoms with Gasteiger partial charge in [-0.2, -0.15) is 0 Å². The minimum atomic E-state index is 0.142. The lowest BCUT2D eigenvalue weighted by Gasteiger charge is -2.30. The van der Waals surface area contributed by atoms with E-state index in [2.05, 4.69) is 39.6 Å². The van der Waals surface area contributed by atoms with Crippen LogP contribution in [-0.2, 0) is 16.1 Å². The lowest BCUT2D eigenvalue weighted by atomic mass is 9.97. The predicted octanol–water partition coefficient (Wildman–Crippen LogP) is 3.26. The molecule has 1 fully saturated rings. The first-order valence-electron chi connectivity index (χ1n) is 8.01. The molecule has 0 spiro atoms. The number of nitrogens with zero attached hydrogens (tertiary/aromatic N) is 2.